The summed E-state index contributed by atoms with van der Waals surface area (Å²) >= 11 is 0. The minimum Gasteiger partial charge on any atom is -0.497 e. The second-order valence-corrected chi connectivity index (χ2v) is 8.10. The lowest BCUT2D eigenvalue weighted by atomic mass is 10.1. The summed E-state index contributed by atoms with van der Waals surface area (Å²) in [6.45, 7) is 0.311. The standard InChI is InChI=1S/C26H24N4O4/c1-33-20-9-7-19(8-10-20)30-15-18(14-25(30)31)26(32)28-21-13-17(6-11-23(21)34-2)22-16-29-12-4-3-5-24(29)27-22/h3-13,16,18H,14-15H2,1-2H3,(H,28,32). The lowest BCUT2D eigenvalue weighted by molar-refractivity contribution is -0.122. The maximum Gasteiger partial charge on any atom is 0.229 e. The number of hydrogen-bond acceptors (Lipinski definition) is 5. The Bertz CT molecular complexity index is 1330. The number of hydrogen-bond donors (Lipinski definition) is 1. The van der Waals surface area contributed by atoms with Crippen molar-refractivity contribution in [3.05, 3.63) is 73.1 Å². The van der Waals surface area contributed by atoms with Gasteiger partial charge in [0.25, 0.3) is 0 Å². The zero-order chi connectivity index (χ0) is 23.7. The molecule has 2 aromatic heterocycles. The molecule has 8 heteroatoms. The molecule has 0 bridgehead atoms. The van der Waals surface area contributed by atoms with Crippen molar-refractivity contribution in [1.29, 1.82) is 0 Å². The highest BCUT2D eigenvalue weighted by molar-refractivity contribution is 6.04. The maximum atomic E-state index is 13.1. The molecule has 3 heterocycles. The number of imidazole rings is 1. The summed E-state index contributed by atoms with van der Waals surface area (Å²) in [6, 6.07) is 18.6. The number of pyridine rings is 1. The normalized spacial score (nSPS) is 15.5. The molecule has 2 aromatic carbocycles. The van der Waals surface area contributed by atoms with Gasteiger partial charge in [-0.05, 0) is 54.6 Å². The van der Waals surface area contributed by atoms with Gasteiger partial charge in [0.1, 0.15) is 17.1 Å². The van der Waals surface area contributed by atoms with E-state index >= 15 is 0 Å². The molecule has 34 heavy (non-hydrogen) atoms. The Morgan fingerprint density at radius 2 is 1.88 bits per heavy atom. The number of methoxy groups -OCH3 is 2. The van der Waals surface area contributed by atoms with Crippen LogP contribution in [0.5, 0.6) is 11.5 Å². The monoisotopic (exact) mass is 456 g/mol. The number of benzene rings is 2. The smallest absolute Gasteiger partial charge is 0.229 e. The molecular formula is C26H24N4O4. The van der Waals surface area contributed by atoms with Crippen LogP contribution in [0.4, 0.5) is 11.4 Å². The molecule has 5 rings (SSSR count). The number of ether oxygens (including phenoxy) is 2. The van der Waals surface area contributed by atoms with Gasteiger partial charge in [-0.1, -0.05) is 6.07 Å². The molecule has 8 nitrogen and oxygen atoms in total. The first kappa shape index (κ1) is 21.5. The predicted molar refractivity (Wildman–Crippen MR) is 129 cm³/mol. The van der Waals surface area contributed by atoms with Crippen LogP contribution in [0.2, 0.25) is 0 Å². The number of amides is 2. The highest BCUT2D eigenvalue weighted by Crippen LogP contribution is 2.32. The van der Waals surface area contributed by atoms with E-state index in [0.717, 1.165) is 22.6 Å². The van der Waals surface area contributed by atoms with Gasteiger partial charge in [-0.2, -0.15) is 0 Å². The van der Waals surface area contributed by atoms with E-state index < -0.39 is 5.92 Å². The molecule has 1 aliphatic rings. The first-order chi connectivity index (χ1) is 16.6. The van der Waals surface area contributed by atoms with Crippen molar-refractivity contribution in [1.82, 2.24) is 9.38 Å². The van der Waals surface area contributed by atoms with Crippen LogP contribution in [0, 0.1) is 5.92 Å². The molecule has 0 saturated carbocycles. The molecule has 0 radical (unpaired) electrons. The van der Waals surface area contributed by atoms with Crippen LogP contribution >= 0.6 is 0 Å². The number of aromatic nitrogens is 2. The average Bonchev–Trinajstić information content (AvgIpc) is 3.48. The number of carbonyl (C=O) groups excluding carboxylic acids is 2. The van der Waals surface area contributed by atoms with E-state index in [0.29, 0.717) is 23.7 Å². The second-order valence-electron chi connectivity index (χ2n) is 8.10. The maximum absolute atomic E-state index is 13.1. The molecule has 0 aliphatic carbocycles. The van der Waals surface area contributed by atoms with Gasteiger partial charge >= 0.3 is 0 Å². The third-order valence-corrected chi connectivity index (χ3v) is 6.00. The van der Waals surface area contributed by atoms with Gasteiger partial charge < -0.3 is 24.1 Å². The largest absolute Gasteiger partial charge is 0.497 e. The van der Waals surface area contributed by atoms with Crippen LogP contribution in [0.3, 0.4) is 0 Å². The van der Waals surface area contributed by atoms with E-state index in [2.05, 4.69) is 10.3 Å². The van der Waals surface area contributed by atoms with Gasteiger partial charge in [0, 0.05) is 36.6 Å². The number of rotatable bonds is 6. The summed E-state index contributed by atoms with van der Waals surface area (Å²) in [5, 5.41) is 2.96. The lowest BCUT2D eigenvalue weighted by Gasteiger charge is -2.17. The van der Waals surface area contributed by atoms with Crippen molar-refractivity contribution in [3.63, 3.8) is 0 Å². The molecule has 4 aromatic rings. The minimum absolute atomic E-state index is 0.0873. The fourth-order valence-electron chi connectivity index (χ4n) is 4.17. The van der Waals surface area contributed by atoms with Crippen LogP contribution in [0.15, 0.2) is 73.1 Å². The molecule has 1 unspecified atom stereocenters. The molecule has 2 amide bonds. The zero-order valence-corrected chi connectivity index (χ0v) is 18.9. The van der Waals surface area contributed by atoms with Gasteiger partial charge in [-0.25, -0.2) is 4.98 Å². The number of carbonyl (C=O) groups is 2. The van der Waals surface area contributed by atoms with E-state index in [1.807, 2.05) is 59.3 Å². The summed E-state index contributed by atoms with van der Waals surface area (Å²) in [7, 11) is 3.15. The topological polar surface area (TPSA) is 85.2 Å². The Labute approximate surface area is 196 Å². The average molecular weight is 457 g/mol. The van der Waals surface area contributed by atoms with Crippen molar-refractivity contribution in [2.24, 2.45) is 5.92 Å². The Hall–Kier alpha value is -4.33. The highest BCUT2D eigenvalue weighted by atomic mass is 16.5. The van der Waals surface area contributed by atoms with E-state index in [1.165, 1.54) is 0 Å². The molecule has 1 saturated heterocycles. The molecule has 1 N–H and O–H groups in total. The van der Waals surface area contributed by atoms with Crippen molar-refractivity contribution < 1.29 is 19.1 Å². The highest BCUT2D eigenvalue weighted by Gasteiger charge is 2.35. The molecule has 1 aliphatic heterocycles. The van der Waals surface area contributed by atoms with Gasteiger partial charge in [-0.15, -0.1) is 0 Å². The van der Waals surface area contributed by atoms with Crippen LogP contribution < -0.4 is 19.7 Å². The zero-order valence-electron chi connectivity index (χ0n) is 18.9. The molecule has 0 spiro atoms. The van der Waals surface area contributed by atoms with E-state index in [1.54, 1.807) is 37.3 Å². The van der Waals surface area contributed by atoms with Crippen molar-refractivity contribution in [3.8, 4) is 22.8 Å². The Balaban J connectivity index is 1.35. The Kier molecular flexibility index (Phi) is 5.63. The third kappa shape index (κ3) is 4.05. The summed E-state index contributed by atoms with van der Waals surface area (Å²) in [5.74, 6) is 0.461. The summed E-state index contributed by atoms with van der Waals surface area (Å²) in [5.41, 5.74) is 3.75. The van der Waals surface area contributed by atoms with E-state index in [4.69, 9.17) is 9.47 Å². The quantitative estimate of drug-likeness (QED) is 0.474. The Morgan fingerprint density at radius 1 is 1.06 bits per heavy atom. The van der Waals surface area contributed by atoms with Crippen LogP contribution in [-0.4, -0.2) is 42.0 Å². The summed E-state index contributed by atoms with van der Waals surface area (Å²) in [4.78, 5) is 32.0. The first-order valence-corrected chi connectivity index (χ1v) is 10.9. The summed E-state index contributed by atoms with van der Waals surface area (Å²) in [6.07, 6.45) is 4.02. The molecule has 1 atom stereocenters. The van der Waals surface area contributed by atoms with E-state index in [9.17, 15) is 9.59 Å². The number of anilines is 2. The third-order valence-electron chi connectivity index (χ3n) is 6.00. The predicted octanol–water partition coefficient (Wildman–Crippen LogP) is 4.01. The lowest BCUT2D eigenvalue weighted by Crippen LogP contribution is -2.28. The van der Waals surface area contributed by atoms with Crippen molar-refractivity contribution in [2.75, 3.05) is 31.0 Å². The van der Waals surface area contributed by atoms with Gasteiger partial charge in [0.2, 0.25) is 11.8 Å². The number of nitrogens with one attached hydrogen (secondary N) is 1. The van der Waals surface area contributed by atoms with Crippen LogP contribution in [0.1, 0.15) is 6.42 Å². The van der Waals surface area contributed by atoms with Crippen molar-refractivity contribution in [2.45, 2.75) is 6.42 Å². The van der Waals surface area contributed by atoms with Crippen LogP contribution in [0.25, 0.3) is 16.9 Å². The van der Waals surface area contributed by atoms with Crippen molar-refractivity contribution >= 4 is 28.8 Å². The second kappa shape index (κ2) is 8.90. The van der Waals surface area contributed by atoms with Gasteiger partial charge in [-0.3, -0.25) is 9.59 Å². The fraction of sp³-hybridized carbons (Fsp3) is 0.192. The van der Waals surface area contributed by atoms with Gasteiger partial charge in [0.15, 0.2) is 0 Å². The van der Waals surface area contributed by atoms with Crippen LogP contribution in [-0.2, 0) is 9.59 Å². The molecular weight excluding hydrogens is 432 g/mol. The Morgan fingerprint density at radius 3 is 2.62 bits per heavy atom. The molecule has 172 valence electrons. The minimum atomic E-state index is -0.474. The first-order valence-electron chi connectivity index (χ1n) is 10.9. The summed E-state index contributed by atoms with van der Waals surface area (Å²) < 4.78 is 12.6. The SMILES string of the molecule is COc1ccc(N2CC(C(=O)Nc3cc(-c4cn5ccccc5n4)ccc3OC)CC2=O)cc1. The van der Waals surface area contributed by atoms with Gasteiger partial charge in [0.05, 0.1) is 31.5 Å². The fourth-order valence-corrected chi connectivity index (χ4v) is 4.17. The number of nitrogens with zero attached hydrogens (tertiary/aromatic N) is 3. The van der Waals surface area contributed by atoms with E-state index in [-0.39, 0.29) is 18.2 Å². The molecule has 1 fully saturated rings. The number of fused-ring (bicyclic) bond motifs is 1.